The van der Waals surface area contributed by atoms with Crippen molar-refractivity contribution in [2.45, 2.75) is 0 Å². The lowest BCUT2D eigenvalue weighted by Gasteiger charge is -2.09. The number of fused-ring (bicyclic) bond motifs is 1. The van der Waals surface area contributed by atoms with Crippen molar-refractivity contribution in [2.75, 3.05) is 12.4 Å². The van der Waals surface area contributed by atoms with Crippen molar-refractivity contribution in [1.29, 1.82) is 0 Å². The van der Waals surface area contributed by atoms with Crippen LogP contribution in [0.2, 0.25) is 5.02 Å². The molecule has 0 aliphatic carbocycles. The average Bonchev–Trinajstić information content (AvgIpc) is 3.13. The van der Waals surface area contributed by atoms with Gasteiger partial charge in [-0.1, -0.05) is 27.5 Å². The zero-order valence-electron chi connectivity index (χ0n) is 15.0. The Kier molecular flexibility index (Phi) is 5.80. The second kappa shape index (κ2) is 8.33. The Morgan fingerprint density at radius 3 is 2.79 bits per heavy atom. The third-order valence-corrected chi connectivity index (χ3v) is 5.70. The Morgan fingerprint density at radius 1 is 1.17 bits per heavy atom. The van der Waals surface area contributed by atoms with Crippen molar-refractivity contribution in [1.82, 2.24) is 4.98 Å². The van der Waals surface area contributed by atoms with Gasteiger partial charge in [0.25, 0.3) is 5.91 Å². The van der Waals surface area contributed by atoms with Crippen molar-refractivity contribution < 1.29 is 13.9 Å². The summed E-state index contributed by atoms with van der Waals surface area (Å²) in [5.74, 6) is 0.636. The molecular formula is C21H13BrClIN2O3. The first-order valence-electron chi connectivity index (χ1n) is 8.45. The van der Waals surface area contributed by atoms with Crippen LogP contribution in [0.15, 0.2) is 63.5 Å². The first-order chi connectivity index (χ1) is 13.9. The highest BCUT2D eigenvalue weighted by molar-refractivity contribution is 14.1. The SMILES string of the molecule is COc1ccc(Br)cc1C(=O)Nc1ccc2oc(-c3cc(I)ccc3Cl)nc2c1. The molecule has 4 rings (SSSR count). The molecule has 5 nitrogen and oxygen atoms in total. The maximum atomic E-state index is 12.7. The van der Waals surface area contributed by atoms with Crippen molar-refractivity contribution >= 4 is 72.8 Å². The second-order valence-corrected chi connectivity index (χ2v) is 8.69. The molecule has 1 aromatic heterocycles. The van der Waals surface area contributed by atoms with Gasteiger partial charge in [0.2, 0.25) is 5.89 Å². The molecule has 3 aromatic carbocycles. The van der Waals surface area contributed by atoms with E-state index in [2.05, 4.69) is 48.8 Å². The van der Waals surface area contributed by atoms with Crippen LogP contribution in [0.4, 0.5) is 5.69 Å². The predicted octanol–water partition coefficient (Wildman–Crippen LogP) is 6.78. The number of oxazole rings is 1. The van der Waals surface area contributed by atoms with E-state index in [9.17, 15) is 4.79 Å². The van der Waals surface area contributed by atoms with Gasteiger partial charge in [0, 0.05) is 13.7 Å². The van der Waals surface area contributed by atoms with Gasteiger partial charge in [0.15, 0.2) is 5.58 Å². The highest BCUT2D eigenvalue weighted by atomic mass is 127. The van der Waals surface area contributed by atoms with Crippen molar-refractivity contribution in [2.24, 2.45) is 0 Å². The quantitative estimate of drug-likeness (QED) is 0.269. The summed E-state index contributed by atoms with van der Waals surface area (Å²) in [6.45, 7) is 0. The largest absolute Gasteiger partial charge is 0.496 e. The normalized spacial score (nSPS) is 10.9. The molecule has 0 radical (unpaired) electrons. The number of halogens is 3. The number of benzene rings is 3. The molecular weight excluding hydrogens is 571 g/mol. The van der Waals surface area contributed by atoms with Gasteiger partial charge >= 0.3 is 0 Å². The monoisotopic (exact) mass is 582 g/mol. The molecule has 0 saturated carbocycles. The smallest absolute Gasteiger partial charge is 0.259 e. The lowest BCUT2D eigenvalue weighted by atomic mass is 10.2. The number of hydrogen-bond acceptors (Lipinski definition) is 4. The molecule has 1 amide bonds. The van der Waals surface area contributed by atoms with Crippen molar-refractivity contribution in [3.63, 3.8) is 0 Å². The summed E-state index contributed by atoms with van der Waals surface area (Å²) in [6.07, 6.45) is 0. The number of hydrogen-bond donors (Lipinski definition) is 1. The molecule has 0 atom stereocenters. The standard InChI is InChI=1S/C21H13BrClIN2O3/c1-28-18-6-2-11(22)8-15(18)20(27)25-13-4-7-19-17(10-13)26-21(29-19)14-9-12(24)3-5-16(14)23/h2-10H,1H3,(H,25,27). The fourth-order valence-electron chi connectivity index (χ4n) is 2.84. The number of ether oxygens (including phenoxy) is 1. The lowest BCUT2D eigenvalue weighted by Crippen LogP contribution is -2.13. The van der Waals surface area contributed by atoms with Crippen LogP contribution in [0.3, 0.4) is 0 Å². The summed E-state index contributed by atoms with van der Waals surface area (Å²) < 4.78 is 12.9. The molecule has 29 heavy (non-hydrogen) atoms. The number of anilines is 1. The average molecular weight is 584 g/mol. The minimum Gasteiger partial charge on any atom is -0.496 e. The Bertz CT molecular complexity index is 1240. The Balaban J connectivity index is 1.65. The fraction of sp³-hybridized carbons (Fsp3) is 0.0476. The molecule has 0 saturated heterocycles. The summed E-state index contributed by atoms with van der Waals surface area (Å²) in [5.41, 5.74) is 2.97. The Morgan fingerprint density at radius 2 is 2.00 bits per heavy atom. The van der Waals surface area contributed by atoms with E-state index in [1.165, 1.54) is 7.11 Å². The van der Waals surface area contributed by atoms with Gasteiger partial charge in [-0.15, -0.1) is 0 Å². The topological polar surface area (TPSA) is 64.4 Å². The van der Waals surface area contributed by atoms with E-state index >= 15 is 0 Å². The number of aromatic nitrogens is 1. The minimum absolute atomic E-state index is 0.285. The maximum Gasteiger partial charge on any atom is 0.259 e. The van der Waals surface area contributed by atoms with Crippen LogP contribution >= 0.6 is 50.1 Å². The van der Waals surface area contributed by atoms with Gasteiger partial charge in [-0.25, -0.2) is 4.98 Å². The van der Waals surface area contributed by atoms with E-state index in [-0.39, 0.29) is 5.91 Å². The molecule has 1 N–H and O–H groups in total. The summed E-state index contributed by atoms with van der Waals surface area (Å²) in [4.78, 5) is 17.3. The zero-order valence-corrected chi connectivity index (χ0v) is 19.5. The highest BCUT2D eigenvalue weighted by Crippen LogP contribution is 2.32. The molecule has 8 heteroatoms. The van der Waals surface area contributed by atoms with Gasteiger partial charge in [-0.05, 0) is 77.2 Å². The minimum atomic E-state index is -0.285. The third kappa shape index (κ3) is 4.26. The van der Waals surface area contributed by atoms with E-state index in [1.807, 2.05) is 24.3 Å². The summed E-state index contributed by atoms with van der Waals surface area (Å²) in [7, 11) is 1.53. The number of rotatable bonds is 4. The van der Waals surface area contributed by atoms with Gasteiger partial charge in [0.05, 0.1) is 23.3 Å². The van der Waals surface area contributed by atoms with E-state index in [0.717, 1.165) is 13.6 Å². The number of nitrogens with one attached hydrogen (secondary N) is 1. The first kappa shape index (κ1) is 20.2. The predicted molar refractivity (Wildman–Crippen MR) is 126 cm³/mol. The molecule has 4 aromatic rings. The van der Waals surface area contributed by atoms with Crippen LogP contribution < -0.4 is 10.1 Å². The summed E-state index contributed by atoms with van der Waals surface area (Å²) in [5, 5.41) is 3.44. The van der Waals surface area contributed by atoms with Crippen LogP contribution in [0.1, 0.15) is 10.4 Å². The van der Waals surface area contributed by atoms with Crippen LogP contribution in [0.5, 0.6) is 5.75 Å². The van der Waals surface area contributed by atoms with Crippen molar-refractivity contribution in [3.8, 4) is 17.2 Å². The Hall–Kier alpha value is -2.10. The number of carbonyl (C=O) groups excluding carboxylic acids is 1. The zero-order chi connectivity index (χ0) is 20.5. The van der Waals surface area contributed by atoms with Crippen LogP contribution in [-0.4, -0.2) is 18.0 Å². The molecule has 0 aliphatic rings. The molecule has 0 aliphatic heterocycles. The van der Waals surface area contributed by atoms with Crippen LogP contribution in [0, 0.1) is 3.57 Å². The molecule has 0 fully saturated rings. The number of amides is 1. The van der Waals surface area contributed by atoms with Crippen LogP contribution in [0.25, 0.3) is 22.6 Å². The molecule has 0 unspecified atom stereocenters. The van der Waals surface area contributed by atoms with Crippen LogP contribution in [-0.2, 0) is 0 Å². The lowest BCUT2D eigenvalue weighted by molar-refractivity contribution is 0.102. The Labute approximate surface area is 193 Å². The van der Waals surface area contributed by atoms with Gasteiger partial charge in [-0.3, -0.25) is 4.79 Å². The maximum absolute atomic E-state index is 12.7. The summed E-state index contributed by atoms with van der Waals surface area (Å²) in [6, 6.07) is 16.2. The van der Waals surface area contributed by atoms with Crippen molar-refractivity contribution in [3.05, 3.63) is 73.2 Å². The van der Waals surface area contributed by atoms with Gasteiger partial charge in [0.1, 0.15) is 11.3 Å². The van der Waals surface area contributed by atoms with E-state index < -0.39 is 0 Å². The number of nitrogens with zero attached hydrogens (tertiary/aromatic N) is 1. The highest BCUT2D eigenvalue weighted by Gasteiger charge is 2.16. The first-order valence-corrected chi connectivity index (χ1v) is 10.7. The van der Waals surface area contributed by atoms with E-state index in [0.29, 0.717) is 39.0 Å². The number of methoxy groups -OCH3 is 1. The van der Waals surface area contributed by atoms with Gasteiger partial charge in [-0.2, -0.15) is 0 Å². The second-order valence-electron chi connectivity index (χ2n) is 6.12. The fourth-order valence-corrected chi connectivity index (χ4v) is 3.89. The third-order valence-electron chi connectivity index (χ3n) is 4.21. The molecule has 1 heterocycles. The summed E-state index contributed by atoms with van der Waals surface area (Å²) >= 11 is 11.9. The van der Waals surface area contributed by atoms with Gasteiger partial charge < -0.3 is 14.5 Å². The van der Waals surface area contributed by atoms with E-state index in [4.69, 9.17) is 20.8 Å². The number of carbonyl (C=O) groups is 1. The molecule has 0 spiro atoms. The van der Waals surface area contributed by atoms with E-state index in [1.54, 1.807) is 30.3 Å². The molecule has 0 bridgehead atoms. The molecule has 146 valence electrons.